The topological polar surface area (TPSA) is 50.4 Å². The van der Waals surface area contributed by atoms with Crippen LogP contribution in [0.4, 0.5) is 0 Å². The number of carbonyl (C=O) groups excluding carboxylic acids is 1. The average Bonchev–Trinajstić information content (AvgIpc) is 2.53. The van der Waals surface area contributed by atoms with Gasteiger partial charge in [0, 0.05) is 13.7 Å². The lowest BCUT2D eigenvalue weighted by Gasteiger charge is -2.35. The van der Waals surface area contributed by atoms with Crippen LogP contribution in [0.25, 0.3) is 0 Å². The molecule has 2 N–H and O–H groups in total. The van der Waals surface area contributed by atoms with Crippen LogP contribution in [-0.2, 0) is 21.5 Å². The standard InChI is InChI=1S/C19H30N2O2.ClH/c1-18(2,3)16-7-5-15(6-8-16)13-21-17(22)19(14-23-4)9-11-20-12-10-19;/h5-8,20H,9-14H2,1-4H3,(H,21,22);1H. The van der Waals surface area contributed by atoms with E-state index in [1.807, 2.05) is 0 Å². The van der Waals surface area contributed by atoms with E-state index >= 15 is 0 Å². The predicted octanol–water partition coefficient (Wildman–Crippen LogP) is 3.04. The van der Waals surface area contributed by atoms with Crippen LogP contribution in [0.3, 0.4) is 0 Å². The Bertz CT molecular complexity index is 512. The minimum atomic E-state index is -0.384. The highest BCUT2D eigenvalue weighted by Crippen LogP contribution is 2.29. The quantitative estimate of drug-likeness (QED) is 0.854. The third-order valence-electron chi connectivity index (χ3n) is 4.74. The Morgan fingerprint density at radius 1 is 1.21 bits per heavy atom. The lowest BCUT2D eigenvalue weighted by atomic mass is 9.78. The third-order valence-corrected chi connectivity index (χ3v) is 4.74. The summed E-state index contributed by atoms with van der Waals surface area (Å²) in [5.74, 6) is 0.112. The van der Waals surface area contributed by atoms with Crippen molar-refractivity contribution in [1.82, 2.24) is 10.6 Å². The number of hydrogen-bond donors (Lipinski definition) is 2. The van der Waals surface area contributed by atoms with Crippen LogP contribution in [0, 0.1) is 5.41 Å². The van der Waals surface area contributed by atoms with E-state index < -0.39 is 0 Å². The van der Waals surface area contributed by atoms with E-state index in [0.717, 1.165) is 31.5 Å². The molecule has 5 heteroatoms. The van der Waals surface area contributed by atoms with E-state index in [1.165, 1.54) is 5.56 Å². The van der Waals surface area contributed by atoms with Crippen molar-refractivity contribution in [2.45, 2.75) is 45.6 Å². The molecule has 0 bridgehead atoms. The Labute approximate surface area is 152 Å². The number of halogens is 1. The molecule has 1 amide bonds. The Kier molecular flexibility index (Phi) is 7.71. The van der Waals surface area contributed by atoms with E-state index in [9.17, 15) is 4.79 Å². The van der Waals surface area contributed by atoms with Crippen LogP contribution in [0.2, 0.25) is 0 Å². The molecule has 1 aromatic carbocycles. The van der Waals surface area contributed by atoms with E-state index in [1.54, 1.807) is 7.11 Å². The first kappa shape index (κ1) is 20.9. The molecular formula is C19H31ClN2O2. The van der Waals surface area contributed by atoms with E-state index in [0.29, 0.717) is 13.2 Å². The molecule has 136 valence electrons. The van der Waals surface area contributed by atoms with Gasteiger partial charge in [0.2, 0.25) is 5.91 Å². The van der Waals surface area contributed by atoms with Crippen LogP contribution in [0.1, 0.15) is 44.7 Å². The predicted molar refractivity (Wildman–Crippen MR) is 101 cm³/mol. The molecule has 2 rings (SSSR count). The number of ether oxygens (including phenoxy) is 1. The summed E-state index contributed by atoms with van der Waals surface area (Å²) in [6.07, 6.45) is 1.66. The lowest BCUT2D eigenvalue weighted by Crippen LogP contribution is -2.49. The van der Waals surface area contributed by atoms with Crippen LogP contribution in [-0.4, -0.2) is 32.7 Å². The van der Waals surface area contributed by atoms with Crippen LogP contribution in [0.5, 0.6) is 0 Å². The fourth-order valence-electron chi connectivity index (χ4n) is 3.11. The van der Waals surface area contributed by atoms with Crippen molar-refractivity contribution >= 4 is 18.3 Å². The minimum absolute atomic E-state index is 0. The second-order valence-corrected chi connectivity index (χ2v) is 7.59. The molecule has 0 aliphatic carbocycles. The van der Waals surface area contributed by atoms with Gasteiger partial charge in [-0.15, -0.1) is 12.4 Å². The fourth-order valence-corrected chi connectivity index (χ4v) is 3.11. The Morgan fingerprint density at radius 2 is 1.79 bits per heavy atom. The molecule has 0 aromatic heterocycles. The maximum atomic E-state index is 12.7. The smallest absolute Gasteiger partial charge is 0.228 e. The van der Waals surface area contributed by atoms with Crippen molar-refractivity contribution in [3.05, 3.63) is 35.4 Å². The summed E-state index contributed by atoms with van der Waals surface area (Å²) < 4.78 is 5.32. The first-order valence-corrected chi connectivity index (χ1v) is 8.45. The maximum absolute atomic E-state index is 12.7. The molecule has 0 spiro atoms. The molecule has 0 unspecified atom stereocenters. The van der Waals surface area contributed by atoms with Gasteiger partial charge in [-0.3, -0.25) is 4.79 Å². The van der Waals surface area contributed by atoms with Gasteiger partial charge in [-0.1, -0.05) is 45.0 Å². The molecule has 1 saturated heterocycles. The third kappa shape index (κ3) is 5.20. The van der Waals surface area contributed by atoms with Gasteiger partial charge >= 0.3 is 0 Å². The van der Waals surface area contributed by atoms with Gasteiger partial charge in [0.05, 0.1) is 12.0 Å². The van der Waals surface area contributed by atoms with E-state index in [2.05, 4.69) is 55.7 Å². The van der Waals surface area contributed by atoms with Crippen LogP contribution >= 0.6 is 12.4 Å². The Balaban J connectivity index is 0.00000288. The Morgan fingerprint density at radius 3 is 2.29 bits per heavy atom. The molecule has 1 heterocycles. The Hall–Kier alpha value is -1.10. The second kappa shape index (κ2) is 8.84. The van der Waals surface area contributed by atoms with Gasteiger partial charge in [0.25, 0.3) is 0 Å². The number of rotatable bonds is 5. The number of nitrogens with one attached hydrogen (secondary N) is 2. The molecule has 0 radical (unpaired) electrons. The SMILES string of the molecule is COCC1(C(=O)NCc2ccc(C(C)(C)C)cc2)CCNCC1.Cl. The van der Waals surface area contributed by atoms with Gasteiger partial charge in [-0.2, -0.15) is 0 Å². The molecular weight excluding hydrogens is 324 g/mol. The summed E-state index contributed by atoms with van der Waals surface area (Å²) in [6.45, 7) is 9.42. The number of hydrogen-bond acceptors (Lipinski definition) is 3. The zero-order chi connectivity index (χ0) is 16.9. The number of amides is 1. The number of methoxy groups -OCH3 is 1. The summed E-state index contributed by atoms with van der Waals surface area (Å²) in [5, 5.41) is 6.42. The van der Waals surface area contributed by atoms with Gasteiger partial charge in [-0.05, 0) is 42.5 Å². The highest BCUT2D eigenvalue weighted by atomic mass is 35.5. The molecule has 1 aromatic rings. The average molecular weight is 355 g/mol. The van der Waals surface area contributed by atoms with Crippen molar-refractivity contribution < 1.29 is 9.53 Å². The van der Waals surface area contributed by atoms with Crippen molar-refractivity contribution in [2.75, 3.05) is 26.8 Å². The normalized spacial score (nSPS) is 17.0. The van der Waals surface area contributed by atoms with Gasteiger partial charge in [0.1, 0.15) is 0 Å². The van der Waals surface area contributed by atoms with Crippen molar-refractivity contribution in [3.63, 3.8) is 0 Å². The van der Waals surface area contributed by atoms with Crippen molar-refractivity contribution in [1.29, 1.82) is 0 Å². The summed E-state index contributed by atoms with van der Waals surface area (Å²) in [6, 6.07) is 8.51. The molecule has 0 saturated carbocycles. The second-order valence-electron chi connectivity index (χ2n) is 7.59. The van der Waals surface area contributed by atoms with E-state index in [4.69, 9.17) is 4.74 Å². The maximum Gasteiger partial charge on any atom is 0.228 e. The largest absolute Gasteiger partial charge is 0.384 e. The van der Waals surface area contributed by atoms with Crippen molar-refractivity contribution in [3.8, 4) is 0 Å². The van der Waals surface area contributed by atoms with E-state index in [-0.39, 0.29) is 29.1 Å². The first-order chi connectivity index (χ1) is 10.9. The molecule has 1 aliphatic rings. The van der Waals surface area contributed by atoms with Crippen LogP contribution < -0.4 is 10.6 Å². The van der Waals surface area contributed by atoms with Gasteiger partial charge in [-0.25, -0.2) is 0 Å². The zero-order valence-corrected chi connectivity index (χ0v) is 16.1. The monoisotopic (exact) mass is 354 g/mol. The molecule has 24 heavy (non-hydrogen) atoms. The lowest BCUT2D eigenvalue weighted by molar-refractivity contribution is -0.136. The first-order valence-electron chi connectivity index (χ1n) is 8.45. The molecule has 1 aliphatic heterocycles. The highest BCUT2D eigenvalue weighted by Gasteiger charge is 2.39. The van der Waals surface area contributed by atoms with Gasteiger partial charge < -0.3 is 15.4 Å². The van der Waals surface area contributed by atoms with Crippen molar-refractivity contribution in [2.24, 2.45) is 5.41 Å². The highest BCUT2D eigenvalue weighted by molar-refractivity contribution is 5.85. The summed E-state index contributed by atoms with van der Waals surface area (Å²) >= 11 is 0. The molecule has 0 atom stereocenters. The van der Waals surface area contributed by atoms with Gasteiger partial charge in [0.15, 0.2) is 0 Å². The summed E-state index contributed by atoms with van der Waals surface area (Å²) in [4.78, 5) is 12.7. The number of benzene rings is 1. The number of carbonyl (C=O) groups is 1. The molecule has 1 fully saturated rings. The summed E-state index contributed by atoms with van der Waals surface area (Å²) in [7, 11) is 1.67. The zero-order valence-electron chi connectivity index (χ0n) is 15.3. The number of piperidine rings is 1. The van der Waals surface area contributed by atoms with Crippen LogP contribution in [0.15, 0.2) is 24.3 Å². The summed E-state index contributed by atoms with van der Waals surface area (Å²) in [5.41, 5.74) is 2.21. The minimum Gasteiger partial charge on any atom is -0.384 e. The molecule has 4 nitrogen and oxygen atoms in total. The fraction of sp³-hybridized carbons (Fsp3) is 0.632.